The number of fused-ring (bicyclic) bond motifs is 1. The third kappa shape index (κ3) is 4.17. The number of hydrogen-bond donors (Lipinski definition) is 2. The Bertz CT molecular complexity index is 981. The third-order valence-electron chi connectivity index (χ3n) is 3.99. The molecule has 1 fully saturated rings. The van der Waals surface area contributed by atoms with Crippen LogP contribution in [0.1, 0.15) is 33.4 Å². The van der Waals surface area contributed by atoms with Crippen LogP contribution in [0, 0.1) is 0 Å². The van der Waals surface area contributed by atoms with Gasteiger partial charge in [0.05, 0.1) is 6.33 Å². The molecule has 0 spiro atoms. The lowest BCUT2D eigenvalue weighted by atomic mass is 10.2. The Kier molecular flexibility index (Phi) is 5.40. The Hall–Kier alpha value is -3.28. The molecule has 2 N–H and O–H groups in total. The van der Waals surface area contributed by atoms with Crippen LogP contribution in [0.3, 0.4) is 0 Å². The van der Waals surface area contributed by atoms with Crippen LogP contribution in [0.25, 0.3) is 11.2 Å². The van der Waals surface area contributed by atoms with Gasteiger partial charge in [-0.15, -0.1) is 0 Å². The standard InChI is InChI=1S/C16H19N5O7/c1-7(22)18-16-19-14-13(15(25)20-16)17-6-21(14)12-4-10(27-9(3)24)11(28-12)5-26-8(2)23/h6,10-12H,4-5H2,1-3H3,(H2,18,19,20,22,25)/t10?,11-,12-/m1/s1. The van der Waals surface area contributed by atoms with Gasteiger partial charge in [-0.05, 0) is 0 Å². The number of rotatable bonds is 5. The van der Waals surface area contributed by atoms with E-state index < -0.39 is 41.8 Å². The normalized spacial score (nSPS) is 21.5. The Labute approximate surface area is 158 Å². The molecule has 28 heavy (non-hydrogen) atoms. The zero-order valence-corrected chi connectivity index (χ0v) is 15.4. The van der Waals surface area contributed by atoms with Crippen LogP contribution in [-0.2, 0) is 28.6 Å². The summed E-state index contributed by atoms with van der Waals surface area (Å²) in [5, 5.41) is 2.41. The number of carbonyl (C=O) groups excluding carboxylic acids is 3. The summed E-state index contributed by atoms with van der Waals surface area (Å²) in [5.41, 5.74) is -0.282. The van der Waals surface area contributed by atoms with Crippen molar-refractivity contribution in [1.82, 2.24) is 19.5 Å². The molecule has 3 heterocycles. The molecule has 2 aromatic heterocycles. The smallest absolute Gasteiger partial charge is 0.303 e. The summed E-state index contributed by atoms with van der Waals surface area (Å²) in [7, 11) is 0. The van der Waals surface area contributed by atoms with Gasteiger partial charge in [-0.2, -0.15) is 4.98 Å². The Morgan fingerprint density at radius 1 is 1.32 bits per heavy atom. The molecule has 0 aliphatic carbocycles. The van der Waals surface area contributed by atoms with Crippen molar-refractivity contribution in [3.63, 3.8) is 0 Å². The van der Waals surface area contributed by atoms with Crippen LogP contribution in [0.5, 0.6) is 0 Å². The lowest BCUT2D eigenvalue weighted by molar-refractivity contribution is -0.155. The zero-order chi connectivity index (χ0) is 20.4. The summed E-state index contributed by atoms with van der Waals surface area (Å²) in [4.78, 5) is 56.6. The third-order valence-corrected chi connectivity index (χ3v) is 3.99. The van der Waals surface area contributed by atoms with Crippen LogP contribution < -0.4 is 10.9 Å². The summed E-state index contributed by atoms with van der Waals surface area (Å²) < 4.78 is 17.6. The Morgan fingerprint density at radius 3 is 2.71 bits per heavy atom. The van der Waals surface area contributed by atoms with Crippen LogP contribution in [-0.4, -0.2) is 56.2 Å². The molecule has 12 heteroatoms. The van der Waals surface area contributed by atoms with E-state index in [1.54, 1.807) is 0 Å². The van der Waals surface area contributed by atoms with Crippen molar-refractivity contribution >= 4 is 35.0 Å². The first kappa shape index (κ1) is 19.5. The minimum Gasteiger partial charge on any atom is -0.463 e. The van der Waals surface area contributed by atoms with Gasteiger partial charge in [0, 0.05) is 27.2 Å². The van der Waals surface area contributed by atoms with Gasteiger partial charge in [-0.3, -0.25) is 34.0 Å². The fourth-order valence-corrected chi connectivity index (χ4v) is 2.92. The first-order valence-electron chi connectivity index (χ1n) is 8.45. The quantitative estimate of drug-likeness (QED) is 0.660. The molecule has 1 amide bonds. The summed E-state index contributed by atoms with van der Waals surface area (Å²) in [6.07, 6.45) is -0.410. The molecule has 2 aromatic rings. The number of nitrogens with zero attached hydrogens (tertiary/aromatic N) is 3. The van der Waals surface area contributed by atoms with Gasteiger partial charge in [0.1, 0.15) is 25.0 Å². The molecule has 0 bridgehead atoms. The van der Waals surface area contributed by atoms with Crippen LogP contribution in [0.15, 0.2) is 11.1 Å². The molecule has 12 nitrogen and oxygen atoms in total. The first-order chi connectivity index (χ1) is 13.2. The lowest BCUT2D eigenvalue weighted by Crippen LogP contribution is -2.31. The number of hydrogen-bond acceptors (Lipinski definition) is 9. The minimum absolute atomic E-state index is 0.0299. The van der Waals surface area contributed by atoms with Crippen molar-refractivity contribution in [1.29, 1.82) is 0 Å². The molecule has 150 valence electrons. The van der Waals surface area contributed by atoms with Gasteiger partial charge < -0.3 is 14.2 Å². The molecule has 0 radical (unpaired) electrons. The molecule has 1 unspecified atom stereocenters. The van der Waals surface area contributed by atoms with Crippen molar-refractivity contribution in [2.75, 3.05) is 11.9 Å². The summed E-state index contributed by atoms with van der Waals surface area (Å²) >= 11 is 0. The number of aromatic nitrogens is 4. The van der Waals surface area contributed by atoms with E-state index in [9.17, 15) is 19.2 Å². The SMILES string of the molecule is CC(=O)Nc1nc2c(ncn2[C@H]2CC(OC(C)=O)[C@@H](COC(C)=O)O2)c(=O)[nH]1. The van der Waals surface area contributed by atoms with E-state index in [-0.39, 0.29) is 30.1 Å². The fraction of sp³-hybridized carbons (Fsp3) is 0.500. The molecule has 3 rings (SSSR count). The molecular formula is C16H19N5O7. The Morgan fingerprint density at radius 2 is 2.07 bits per heavy atom. The van der Waals surface area contributed by atoms with Crippen molar-refractivity contribution in [2.45, 2.75) is 45.6 Å². The number of esters is 2. The second kappa shape index (κ2) is 7.76. The number of imidazole rings is 1. The maximum Gasteiger partial charge on any atom is 0.303 e. The van der Waals surface area contributed by atoms with Crippen molar-refractivity contribution in [2.24, 2.45) is 0 Å². The van der Waals surface area contributed by atoms with Gasteiger partial charge in [-0.25, -0.2) is 4.98 Å². The van der Waals surface area contributed by atoms with E-state index in [0.29, 0.717) is 0 Å². The molecule has 3 atom stereocenters. The molecule has 1 aliphatic heterocycles. The minimum atomic E-state index is -0.688. The number of carbonyl (C=O) groups is 3. The summed E-state index contributed by atoms with van der Waals surface area (Å²) in [5.74, 6) is -1.42. The second-order valence-electron chi connectivity index (χ2n) is 6.24. The predicted molar refractivity (Wildman–Crippen MR) is 93.2 cm³/mol. The molecule has 1 saturated heterocycles. The monoisotopic (exact) mass is 393 g/mol. The van der Waals surface area contributed by atoms with E-state index in [0.717, 1.165) is 0 Å². The second-order valence-corrected chi connectivity index (χ2v) is 6.24. The van der Waals surface area contributed by atoms with E-state index >= 15 is 0 Å². The molecular weight excluding hydrogens is 374 g/mol. The maximum atomic E-state index is 12.2. The highest BCUT2D eigenvalue weighted by atomic mass is 16.6. The van der Waals surface area contributed by atoms with Gasteiger partial charge >= 0.3 is 11.9 Å². The van der Waals surface area contributed by atoms with Crippen LogP contribution in [0.2, 0.25) is 0 Å². The number of ether oxygens (including phenoxy) is 3. The zero-order valence-electron chi connectivity index (χ0n) is 15.4. The van der Waals surface area contributed by atoms with E-state index in [4.69, 9.17) is 14.2 Å². The number of anilines is 1. The van der Waals surface area contributed by atoms with Crippen molar-refractivity contribution in [3.05, 3.63) is 16.7 Å². The average molecular weight is 393 g/mol. The van der Waals surface area contributed by atoms with E-state index in [1.807, 2.05) is 0 Å². The highest BCUT2D eigenvalue weighted by Gasteiger charge is 2.40. The lowest BCUT2D eigenvalue weighted by Gasteiger charge is -2.17. The largest absolute Gasteiger partial charge is 0.463 e. The van der Waals surface area contributed by atoms with Gasteiger partial charge in [0.25, 0.3) is 5.56 Å². The fourth-order valence-electron chi connectivity index (χ4n) is 2.92. The highest BCUT2D eigenvalue weighted by Crippen LogP contribution is 2.32. The summed E-state index contributed by atoms with van der Waals surface area (Å²) in [6.45, 7) is 3.71. The van der Waals surface area contributed by atoms with Gasteiger partial charge in [0.15, 0.2) is 11.2 Å². The number of amides is 1. The van der Waals surface area contributed by atoms with E-state index in [1.165, 1.54) is 31.7 Å². The Balaban J connectivity index is 1.91. The van der Waals surface area contributed by atoms with Crippen molar-refractivity contribution < 1.29 is 28.6 Å². The predicted octanol–water partition coefficient (Wildman–Crippen LogP) is -0.140. The maximum absolute atomic E-state index is 12.2. The first-order valence-corrected chi connectivity index (χ1v) is 8.45. The van der Waals surface area contributed by atoms with E-state index in [2.05, 4.69) is 20.3 Å². The van der Waals surface area contributed by atoms with Gasteiger partial charge in [-0.1, -0.05) is 0 Å². The molecule has 0 saturated carbocycles. The molecule has 1 aliphatic rings. The average Bonchev–Trinajstić information content (AvgIpc) is 3.16. The summed E-state index contributed by atoms with van der Waals surface area (Å²) in [6, 6.07) is 0. The van der Waals surface area contributed by atoms with Crippen LogP contribution in [0.4, 0.5) is 5.95 Å². The number of aromatic amines is 1. The van der Waals surface area contributed by atoms with Crippen LogP contribution >= 0.6 is 0 Å². The number of nitrogens with one attached hydrogen (secondary N) is 2. The van der Waals surface area contributed by atoms with Crippen molar-refractivity contribution in [3.8, 4) is 0 Å². The highest BCUT2D eigenvalue weighted by molar-refractivity contribution is 5.87. The number of H-pyrrole nitrogens is 1. The topological polar surface area (TPSA) is 155 Å². The van der Waals surface area contributed by atoms with Gasteiger partial charge in [0.2, 0.25) is 11.9 Å². The molecule has 0 aromatic carbocycles.